The minimum absolute atomic E-state index is 0.223. The number of hydrogen-bond donors (Lipinski definition) is 2. The molecule has 2 N–H and O–H groups in total. The standard InChI is InChI=1S/C12H17NO/c1-10-5-7-11(8-6-10)12(13)4-2-3-9-14/h5-8,13-14H,2-4,9H2,1H3. The topological polar surface area (TPSA) is 44.1 Å². The third kappa shape index (κ3) is 3.30. The van der Waals surface area contributed by atoms with Gasteiger partial charge in [-0.05, 0) is 31.7 Å². The van der Waals surface area contributed by atoms with Crippen LogP contribution in [0.2, 0.25) is 0 Å². The smallest absolute Gasteiger partial charge is 0.0431 e. The van der Waals surface area contributed by atoms with E-state index in [4.69, 9.17) is 10.5 Å². The van der Waals surface area contributed by atoms with Gasteiger partial charge < -0.3 is 10.5 Å². The summed E-state index contributed by atoms with van der Waals surface area (Å²) in [5.41, 5.74) is 2.88. The van der Waals surface area contributed by atoms with E-state index >= 15 is 0 Å². The van der Waals surface area contributed by atoms with Crippen molar-refractivity contribution in [2.75, 3.05) is 6.61 Å². The maximum Gasteiger partial charge on any atom is 0.0431 e. The van der Waals surface area contributed by atoms with Crippen molar-refractivity contribution in [3.05, 3.63) is 35.4 Å². The fraction of sp³-hybridized carbons (Fsp3) is 0.417. The Morgan fingerprint density at radius 1 is 1.21 bits per heavy atom. The van der Waals surface area contributed by atoms with Crippen LogP contribution in [0.25, 0.3) is 0 Å². The van der Waals surface area contributed by atoms with Crippen LogP contribution >= 0.6 is 0 Å². The third-order valence-corrected chi connectivity index (χ3v) is 2.23. The molecule has 0 unspecified atom stereocenters. The van der Waals surface area contributed by atoms with E-state index < -0.39 is 0 Å². The van der Waals surface area contributed by atoms with Crippen molar-refractivity contribution in [3.63, 3.8) is 0 Å². The zero-order chi connectivity index (χ0) is 10.4. The van der Waals surface area contributed by atoms with Crippen LogP contribution < -0.4 is 0 Å². The number of aliphatic hydroxyl groups excluding tert-OH is 1. The SMILES string of the molecule is Cc1ccc(C(=N)CCCCO)cc1. The van der Waals surface area contributed by atoms with Gasteiger partial charge in [0.15, 0.2) is 0 Å². The maximum atomic E-state index is 8.62. The van der Waals surface area contributed by atoms with Gasteiger partial charge in [-0.3, -0.25) is 0 Å². The molecular formula is C12H17NO. The molecule has 0 heterocycles. The molecule has 0 aliphatic heterocycles. The predicted octanol–water partition coefficient (Wildman–Crippen LogP) is 2.53. The molecule has 0 saturated carbocycles. The minimum atomic E-state index is 0.223. The summed E-state index contributed by atoms with van der Waals surface area (Å²) in [7, 11) is 0. The van der Waals surface area contributed by atoms with Crippen molar-refractivity contribution in [2.45, 2.75) is 26.2 Å². The van der Waals surface area contributed by atoms with Gasteiger partial charge in [-0.15, -0.1) is 0 Å². The quantitative estimate of drug-likeness (QED) is 0.545. The number of hydrogen-bond acceptors (Lipinski definition) is 2. The highest BCUT2D eigenvalue weighted by atomic mass is 16.2. The summed E-state index contributed by atoms with van der Waals surface area (Å²) in [5, 5.41) is 16.4. The summed E-state index contributed by atoms with van der Waals surface area (Å²) in [4.78, 5) is 0. The average Bonchev–Trinajstić information content (AvgIpc) is 2.19. The zero-order valence-electron chi connectivity index (χ0n) is 8.59. The first-order chi connectivity index (χ1) is 6.74. The molecule has 76 valence electrons. The summed E-state index contributed by atoms with van der Waals surface area (Å²) in [6, 6.07) is 8.01. The van der Waals surface area contributed by atoms with Gasteiger partial charge in [0.05, 0.1) is 0 Å². The van der Waals surface area contributed by atoms with Crippen LogP contribution in [-0.4, -0.2) is 17.4 Å². The van der Waals surface area contributed by atoms with Crippen LogP contribution in [0, 0.1) is 12.3 Å². The molecule has 1 rings (SSSR count). The summed E-state index contributed by atoms with van der Waals surface area (Å²) >= 11 is 0. The van der Waals surface area contributed by atoms with E-state index in [1.54, 1.807) is 0 Å². The van der Waals surface area contributed by atoms with E-state index in [0.29, 0.717) is 5.71 Å². The number of rotatable bonds is 5. The van der Waals surface area contributed by atoms with Crippen molar-refractivity contribution in [3.8, 4) is 0 Å². The second-order valence-corrected chi connectivity index (χ2v) is 3.53. The molecule has 0 amide bonds. The fourth-order valence-electron chi connectivity index (χ4n) is 1.31. The molecule has 0 aliphatic carbocycles. The summed E-state index contributed by atoms with van der Waals surface area (Å²) in [5.74, 6) is 0. The first kappa shape index (κ1) is 10.9. The minimum Gasteiger partial charge on any atom is -0.396 e. The lowest BCUT2D eigenvalue weighted by Crippen LogP contribution is -1.99. The molecular weight excluding hydrogens is 174 g/mol. The Kier molecular flexibility index (Phi) is 4.33. The lowest BCUT2D eigenvalue weighted by Gasteiger charge is -2.03. The van der Waals surface area contributed by atoms with E-state index in [1.165, 1.54) is 5.56 Å². The van der Waals surface area contributed by atoms with E-state index in [0.717, 1.165) is 24.8 Å². The summed E-state index contributed by atoms with van der Waals surface area (Å²) in [6.07, 6.45) is 2.43. The number of nitrogens with one attached hydrogen (secondary N) is 1. The van der Waals surface area contributed by atoms with Gasteiger partial charge in [0.2, 0.25) is 0 Å². The zero-order valence-corrected chi connectivity index (χ0v) is 8.59. The first-order valence-corrected chi connectivity index (χ1v) is 4.99. The van der Waals surface area contributed by atoms with Crippen molar-refractivity contribution >= 4 is 5.71 Å². The van der Waals surface area contributed by atoms with Crippen molar-refractivity contribution in [2.24, 2.45) is 0 Å². The normalized spacial score (nSPS) is 10.1. The van der Waals surface area contributed by atoms with Gasteiger partial charge in [0.25, 0.3) is 0 Å². The summed E-state index contributed by atoms with van der Waals surface area (Å²) in [6.45, 7) is 2.26. The van der Waals surface area contributed by atoms with E-state index in [1.807, 2.05) is 31.2 Å². The Bertz CT molecular complexity index is 290. The molecule has 1 aromatic carbocycles. The van der Waals surface area contributed by atoms with Crippen LogP contribution in [0.4, 0.5) is 0 Å². The average molecular weight is 191 g/mol. The lowest BCUT2D eigenvalue weighted by atomic mass is 10.0. The van der Waals surface area contributed by atoms with Crippen molar-refractivity contribution < 1.29 is 5.11 Å². The highest BCUT2D eigenvalue weighted by Gasteiger charge is 2.00. The Hall–Kier alpha value is -1.15. The summed E-state index contributed by atoms with van der Waals surface area (Å²) < 4.78 is 0. The maximum absolute atomic E-state index is 8.62. The molecule has 1 aromatic rings. The molecule has 0 aromatic heterocycles. The molecule has 2 nitrogen and oxygen atoms in total. The highest BCUT2D eigenvalue weighted by molar-refractivity contribution is 5.98. The number of aryl methyl sites for hydroxylation is 1. The molecule has 0 radical (unpaired) electrons. The van der Waals surface area contributed by atoms with Crippen LogP contribution in [0.5, 0.6) is 0 Å². The van der Waals surface area contributed by atoms with E-state index in [9.17, 15) is 0 Å². The van der Waals surface area contributed by atoms with Gasteiger partial charge in [-0.25, -0.2) is 0 Å². The fourth-order valence-corrected chi connectivity index (χ4v) is 1.31. The third-order valence-electron chi connectivity index (χ3n) is 2.23. The van der Waals surface area contributed by atoms with Gasteiger partial charge in [-0.1, -0.05) is 29.8 Å². The molecule has 2 heteroatoms. The second kappa shape index (κ2) is 5.55. The van der Waals surface area contributed by atoms with Gasteiger partial charge in [0.1, 0.15) is 0 Å². The van der Waals surface area contributed by atoms with Crippen LogP contribution in [0.15, 0.2) is 24.3 Å². The molecule has 0 fully saturated rings. The van der Waals surface area contributed by atoms with E-state index in [2.05, 4.69) is 0 Å². The molecule has 0 spiro atoms. The monoisotopic (exact) mass is 191 g/mol. The molecule has 0 aliphatic rings. The first-order valence-electron chi connectivity index (χ1n) is 4.99. The molecule has 14 heavy (non-hydrogen) atoms. The van der Waals surface area contributed by atoms with Crippen molar-refractivity contribution in [1.82, 2.24) is 0 Å². The predicted molar refractivity (Wildman–Crippen MR) is 58.9 cm³/mol. The van der Waals surface area contributed by atoms with Gasteiger partial charge >= 0.3 is 0 Å². The van der Waals surface area contributed by atoms with E-state index in [-0.39, 0.29) is 6.61 Å². The molecule has 0 saturated heterocycles. The van der Waals surface area contributed by atoms with Crippen LogP contribution in [0.3, 0.4) is 0 Å². The Labute approximate surface area is 85.1 Å². The Morgan fingerprint density at radius 3 is 2.43 bits per heavy atom. The van der Waals surface area contributed by atoms with Gasteiger partial charge in [0, 0.05) is 12.3 Å². The number of benzene rings is 1. The number of aliphatic hydroxyl groups is 1. The van der Waals surface area contributed by atoms with Crippen LogP contribution in [0.1, 0.15) is 30.4 Å². The lowest BCUT2D eigenvalue weighted by molar-refractivity contribution is 0.285. The Morgan fingerprint density at radius 2 is 1.86 bits per heavy atom. The van der Waals surface area contributed by atoms with Gasteiger partial charge in [-0.2, -0.15) is 0 Å². The van der Waals surface area contributed by atoms with Crippen LogP contribution in [-0.2, 0) is 0 Å². The second-order valence-electron chi connectivity index (χ2n) is 3.53. The molecule has 0 bridgehead atoms. The largest absolute Gasteiger partial charge is 0.396 e. The highest BCUT2D eigenvalue weighted by Crippen LogP contribution is 2.08. The molecule has 0 atom stereocenters. The number of unbranched alkanes of at least 4 members (excludes halogenated alkanes) is 1. The Balaban J connectivity index is 2.48. The van der Waals surface area contributed by atoms with Crippen molar-refractivity contribution in [1.29, 1.82) is 5.41 Å².